The first-order valence-electron chi connectivity index (χ1n) is 6.12. The second-order valence-corrected chi connectivity index (χ2v) is 5.53. The number of nitrogens with zero attached hydrogens (tertiary/aromatic N) is 2. The molecule has 94 valence electrons. The molecule has 0 radical (unpaired) electrons. The molecule has 0 aliphatic carbocycles. The van der Waals surface area contributed by atoms with Crippen molar-refractivity contribution in [2.45, 2.75) is 38.7 Å². The van der Waals surface area contributed by atoms with Crippen LogP contribution in [0, 0.1) is 0 Å². The van der Waals surface area contributed by atoms with E-state index in [4.69, 9.17) is 0 Å². The minimum Gasteiger partial charge on any atom is -0.391 e. The van der Waals surface area contributed by atoms with Crippen LogP contribution in [0.4, 0.5) is 0 Å². The molecule has 1 N–H and O–H groups in total. The van der Waals surface area contributed by atoms with Crippen LogP contribution in [0.5, 0.6) is 0 Å². The van der Waals surface area contributed by atoms with E-state index in [1.165, 1.54) is 11.3 Å². The highest BCUT2D eigenvalue weighted by molar-refractivity contribution is 7.13. The van der Waals surface area contributed by atoms with Crippen molar-refractivity contribution < 1.29 is 9.90 Å². The molecule has 2 rings (SSSR count). The third kappa shape index (κ3) is 3.04. The number of carbonyl (C=O) groups is 1. The Morgan fingerprint density at radius 2 is 2.53 bits per heavy atom. The monoisotopic (exact) mass is 254 g/mol. The number of aryl methyl sites for hydroxylation is 1. The van der Waals surface area contributed by atoms with Gasteiger partial charge in [0.05, 0.1) is 17.3 Å². The zero-order valence-corrected chi connectivity index (χ0v) is 10.9. The molecule has 4 nitrogen and oxygen atoms in total. The Hall–Kier alpha value is -0.940. The van der Waals surface area contributed by atoms with Crippen LogP contribution < -0.4 is 0 Å². The molecule has 1 fully saturated rings. The number of hydrogen-bond acceptors (Lipinski definition) is 4. The number of amides is 1. The molecule has 0 spiro atoms. The van der Waals surface area contributed by atoms with Gasteiger partial charge < -0.3 is 10.0 Å². The van der Waals surface area contributed by atoms with Crippen LogP contribution in [-0.4, -0.2) is 40.1 Å². The minimum absolute atomic E-state index is 0.0172. The fourth-order valence-corrected chi connectivity index (χ4v) is 3.02. The van der Waals surface area contributed by atoms with E-state index < -0.39 is 0 Å². The summed E-state index contributed by atoms with van der Waals surface area (Å²) in [5.74, 6) is 0.0172. The van der Waals surface area contributed by atoms with Gasteiger partial charge in [0, 0.05) is 13.1 Å². The standard InChI is InChI=1S/C12H18N2O2S/c1-2-4-11-13-7-10(17-11)12(16)14-6-3-5-9(15)8-14/h7,9,15H,2-6,8H2,1H3. The molecule has 0 saturated carbocycles. The minimum atomic E-state index is -0.365. The van der Waals surface area contributed by atoms with Crippen molar-refractivity contribution in [2.24, 2.45) is 0 Å². The third-order valence-corrected chi connectivity index (χ3v) is 3.96. The number of hydrogen-bond donors (Lipinski definition) is 1. The molecule has 5 heteroatoms. The van der Waals surface area contributed by atoms with Gasteiger partial charge >= 0.3 is 0 Å². The van der Waals surface area contributed by atoms with Gasteiger partial charge in [-0.25, -0.2) is 4.98 Å². The lowest BCUT2D eigenvalue weighted by Crippen LogP contribution is -2.41. The van der Waals surface area contributed by atoms with E-state index in [0.29, 0.717) is 11.4 Å². The highest BCUT2D eigenvalue weighted by Crippen LogP contribution is 2.19. The average molecular weight is 254 g/mol. The first kappa shape index (κ1) is 12.5. The highest BCUT2D eigenvalue weighted by atomic mass is 32.1. The van der Waals surface area contributed by atoms with E-state index in [-0.39, 0.29) is 12.0 Å². The van der Waals surface area contributed by atoms with Crippen LogP contribution in [0.1, 0.15) is 40.9 Å². The van der Waals surface area contributed by atoms with E-state index in [9.17, 15) is 9.90 Å². The summed E-state index contributed by atoms with van der Waals surface area (Å²) in [7, 11) is 0. The van der Waals surface area contributed by atoms with Gasteiger partial charge in [-0.05, 0) is 25.7 Å². The topological polar surface area (TPSA) is 53.4 Å². The second kappa shape index (κ2) is 5.60. The molecular weight excluding hydrogens is 236 g/mol. The summed E-state index contributed by atoms with van der Waals surface area (Å²) in [5.41, 5.74) is 0. The molecule has 1 unspecified atom stereocenters. The fraction of sp³-hybridized carbons (Fsp3) is 0.667. The summed E-state index contributed by atoms with van der Waals surface area (Å²) in [6.45, 7) is 3.31. The smallest absolute Gasteiger partial charge is 0.265 e. The molecule has 1 aliphatic rings. The number of thiazole rings is 1. The van der Waals surface area contributed by atoms with Crippen molar-refractivity contribution in [3.05, 3.63) is 16.1 Å². The van der Waals surface area contributed by atoms with Crippen LogP contribution in [0.15, 0.2) is 6.20 Å². The van der Waals surface area contributed by atoms with Crippen LogP contribution >= 0.6 is 11.3 Å². The maximum absolute atomic E-state index is 12.1. The number of likely N-dealkylation sites (tertiary alicyclic amines) is 1. The van der Waals surface area contributed by atoms with E-state index in [1.807, 2.05) is 0 Å². The highest BCUT2D eigenvalue weighted by Gasteiger charge is 2.24. The zero-order chi connectivity index (χ0) is 12.3. The van der Waals surface area contributed by atoms with Gasteiger partial charge in [0.2, 0.25) is 0 Å². The van der Waals surface area contributed by atoms with Crippen molar-refractivity contribution in [3.63, 3.8) is 0 Å². The van der Waals surface area contributed by atoms with Crippen molar-refractivity contribution in [1.82, 2.24) is 9.88 Å². The second-order valence-electron chi connectivity index (χ2n) is 4.42. The lowest BCUT2D eigenvalue weighted by atomic mass is 10.1. The summed E-state index contributed by atoms with van der Waals surface area (Å²) in [4.78, 5) is 18.8. The lowest BCUT2D eigenvalue weighted by molar-refractivity contribution is 0.0477. The summed E-state index contributed by atoms with van der Waals surface area (Å²) in [6.07, 6.45) is 4.96. The summed E-state index contributed by atoms with van der Waals surface area (Å²) < 4.78 is 0. The number of piperidine rings is 1. The van der Waals surface area contributed by atoms with E-state index in [1.54, 1.807) is 11.1 Å². The van der Waals surface area contributed by atoms with Gasteiger partial charge in [-0.15, -0.1) is 11.3 Å². The van der Waals surface area contributed by atoms with Gasteiger partial charge in [-0.3, -0.25) is 4.79 Å². The lowest BCUT2D eigenvalue weighted by Gasteiger charge is -2.29. The molecule has 1 atom stereocenters. The van der Waals surface area contributed by atoms with E-state index in [0.717, 1.165) is 37.2 Å². The molecular formula is C12H18N2O2S. The molecule has 1 amide bonds. The fourth-order valence-electron chi connectivity index (χ4n) is 2.03. The molecule has 0 bridgehead atoms. The molecule has 1 aliphatic heterocycles. The first-order valence-corrected chi connectivity index (χ1v) is 6.94. The Balaban J connectivity index is 2.02. The SMILES string of the molecule is CCCc1ncc(C(=O)N2CCCC(O)C2)s1. The van der Waals surface area contributed by atoms with E-state index >= 15 is 0 Å². The van der Waals surface area contributed by atoms with Crippen LogP contribution in [-0.2, 0) is 6.42 Å². The Labute approximate surface area is 105 Å². The van der Waals surface area contributed by atoms with Gasteiger partial charge in [-0.2, -0.15) is 0 Å². The van der Waals surface area contributed by atoms with Gasteiger partial charge in [-0.1, -0.05) is 6.92 Å². The average Bonchev–Trinajstić information content (AvgIpc) is 2.77. The molecule has 2 heterocycles. The van der Waals surface area contributed by atoms with Crippen LogP contribution in [0.2, 0.25) is 0 Å². The number of β-amino-alcohol motifs (C(OH)–C–C–N with tert-alkyl or cyclic N) is 1. The number of aliphatic hydroxyl groups is 1. The van der Waals surface area contributed by atoms with Gasteiger partial charge in [0.15, 0.2) is 0 Å². The van der Waals surface area contributed by atoms with Crippen molar-refractivity contribution in [1.29, 1.82) is 0 Å². The van der Waals surface area contributed by atoms with Crippen molar-refractivity contribution >= 4 is 17.2 Å². The number of aromatic nitrogens is 1. The summed E-state index contributed by atoms with van der Waals surface area (Å²) in [5, 5.41) is 10.6. The predicted molar refractivity (Wildman–Crippen MR) is 67.3 cm³/mol. The molecule has 1 aromatic heterocycles. The Bertz CT molecular complexity index is 392. The predicted octanol–water partition coefficient (Wildman–Crippen LogP) is 1.69. The maximum atomic E-state index is 12.1. The molecule has 17 heavy (non-hydrogen) atoms. The first-order chi connectivity index (χ1) is 8.20. The number of aliphatic hydroxyl groups excluding tert-OH is 1. The molecule has 1 aromatic rings. The largest absolute Gasteiger partial charge is 0.391 e. The van der Waals surface area contributed by atoms with Crippen LogP contribution in [0.25, 0.3) is 0 Å². The Kier molecular flexibility index (Phi) is 4.12. The Morgan fingerprint density at radius 1 is 1.71 bits per heavy atom. The van der Waals surface area contributed by atoms with Crippen molar-refractivity contribution in [2.75, 3.05) is 13.1 Å². The quantitative estimate of drug-likeness (QED) is 0.893. The third-order valence-electron chi connectivity index (χ3n) is 2.91. The van der Waals surface area contributed by atoms with Crippen LogP contribution in [0.3, 0.4) is 0 Å². The Morgan fingerprint density at radius 3 is 3.24 bits per heavy atom. The number of carbonyl (C=O) groups excluding carboxylic acids is 1. The number of rotatable bonds is 3. The van der Waals surface area contributed by atoms with Gasteiger partial charge in [0.1, 0.15) is 4.88 Å². The molecule has 1 saturated heterocycles. The van der Waals surface area contributed by atoms with Gasteiger partial charge in [0.25, 0.3) is 5.91 Å². The zero-order valence-electron chi connectivity index (χ0n) is 10.1. The normalized spacial score (nSPS) is 20.6. The maximum Gasteiger partial charge on any atom is 0.265 e. The van der Waals surface area contributed by atoms with Crippen molar-refractivity contribution in [3.8, 4) is 0 Å². The summed E-state index contributed by atoms with van der Waals surface area (Å²) >= 11 is 1.48. The molecule has 0 aromatic carbocycles. The van der Waals surface area contributed by atoms with E-state index in [2.05, 4.69) is 11.9 Å². The summed E-state index contributed by atoms with van der Waals surface area (Å²) in [6, 6.07) is 0.